The van der Waals surface area contributed by atoms with E-state index >= 15 is 0 Å². The van der Waals surface area contributed by atoms with E-state index < -0.39 is 23.6 Å². The number of ether oxygens (including phenoxy) is 1. The summed E-state index contributed by atoms with van der Waals surface area (Å²) >= 11 is 0. The van der Waals surface area contributed by atoms with Crippen LogP contribution in [0.2, 0.25) is 0 Å². The van der Waals surface area contributed by atoms with Crippen LogP contribution in [-0.2, 0) is 19.1 Å². The van der Waals surface area contributed by atoms with Crippen molar-refractivity contribution in [1.29, 1.82) is 0 Å². The second-order valence-corrected chi connectivity index (χ2v) is 3.39. The van der Waals surface area contributed by atoms with Crippen molar-refractivity contribution < 1.29 is 19.1 Å². The van der Waals surface area contributed by atoms with Crippen LogP contribution in [0.3, 0.4) is 0 Å². The number of aryl methyl sites for hydroxylation is 1. The molecule has 4 nitrogen and oxygen atoms in total. The number of rotatable bonds is 1. The quantitative estimate of drug-likeness (QED) is 0.499. The number of carbonyl (C=O) groups excluding carboxylic acids is 3. The van der Waals surface area contributed by atoms with Gasteiger partial charge in [-0.3, -0.25) is 9.59 Å². The summed E-state index contributed by atoms with van der Waals surface area (Å²) in [5.74, 6) is -2.92. The topological polar surface area (TPSA) is 60.4 Å². The van der Waals surface area contributed by atoms with Crippen LogP contribution < -0.4 is 0 Å². The first-order valence-electron chi connectivity index (χ1n) is 4.45. The zero-order chi connectivity index (χ0) is 11.0. The van der Waals surface area contributed by atoms with Crippen LogP contribution in [-0.4, -0.2) is 17.5 Å². The van der Waals surface area contributed by atoms with Crippen LogP contribution in [0.25, 0.3) is 0 Å². The number of hydrogen-bond acceptors (Lipinski definition) is 4. The summed E-state index contributed by atoms with van der Waals surface area (Å²) < 4.78 is 4.67. The first-order valence-corrected chi connectivity index (χ1v) is 4.45. The Morgan fingerprint density at radius 3 is 2.13 bits per heavy atom. The molecule has 1 aliphatic rings. The van der Waals surface area contributed by atoms with Gasteiger partial charge in [0.2, 0.25) is 0 Å². The number of esters is 1. The van der Waals surface area contributed by atoms with Crippen molar-refractivity contribution in [3.05, 3.63) is 35.4 Å². The van der Waals surface area contributed by atoms with Crippen molar-refractivity contribution >= 4 is 17.5 Å². The van der Waals surface area contributed by atoms with Gasteiger partial charge in [-0.1, -0.05) is 29.8 Å². The van der Waals surface area contributed by atoms with E-state index in [1.54, 1.807) is 24.3 Å². The third-order valence-electron chi connectivity index (χ3n) is 2.25. The van der Waals surface area contributed by atoms with E-state index in [1.165, 1.54) is 0 Å². The normalized spacial score (nSPS) is 20.6. The SMILES string of the molecule is Cc1ccc([C@@H]2OC(=O)C(=O)C2=O)cc1. The summed E-state index contributed by atoms with van der Waals surface area (Å²) in [6, 6.07) is 6.92. The summed E-state index contributed by atoms with van der Waals surface area (Å²) in [5, 5.41) is 0. The Kier molecular flexibility index (Phi) is 2.11. The van der Waals surface area contributed by atoms with Gasteiger partial charge in [-0.05, 0) is 6.92 Å². The smallest absolute Gasteiger partial charge is 0.384 e. The lowest BCUT2D eigenvalue weighted by atomic mass is 10.0. The Labute approximate surface area is 85.8 Å². The number of ketones is 2. The molecule has 0 aliphatic carbocycles. The maximum Gasteiger partial charge on any atom is 0.384 e. The molecule has 1 aliphatic heterocycles. The van der Waals surface area contributed by atoms with Gasteiger partial charge in [-0.25, -0.2) is 4.79 Å². The minimum atomic E-state index is -1.07. The van der Waals surface area contributed by atoms with Crippen molar-refractivity contribution in [3.8, 4) is 0 Å². The predicted molar refractivity (Wildman–Crippen MR) is 50.0 cm³/mol. The number of carbonyl (C=O) groups is 3. The van der Waals surface area contributed by atoms with Crippen molar-refractivity contribution in [1.82, 2.24) is 0 Å². The van der Waals surface area contributed by atoms with Crippen LogP contribution in [0.15, 0.2) is 24.3 Å². The van der Waals surface area contributed by atoms with E-state index in [0.29, 0.717) is 5.56 Å². The van der Waals surface area contributed by atoms with Crippen LogP contribution in [0.1, 0.15) is 17.2 Å². The number of hydrogen-bond donors (Lipinski definition) is 0. The minimum absolute atomic E-state index is 0.532. The van der Waals surface area contributed by atoms with Crippen molar-refractivity contribution in [2.75, 3.05) is 0 Å². The van der Waals surface area contributed by atoms with Gasteiger partial charge in [0, 0.05) is 5.56 Å². The Morgan fingerprint density at radius 1 is 1.07 bits per heavy atom. The van der Waals surface area contributed by atoms with Gasteiger partial charge in [0.25, 0.3) is 5.78 Å². The molecule has 1 aromatic rings. The number of Topliss-reactive ketones (excluding diaryl/α,β-unsaturated/α-hetero) is 2. The third-order valence-corrected chi connectivity index (χ3v) is 2.25. The third kappa shape index (κ3) is 1.54. The van der Waals surface area contributed by atoms with Crippen molar-refractivity contribution in [2.45, 2.75) is 13.0 Å². The Morgan fingerprint density at radius 2 is 1.67 bits per heavy atom. The highest BCUT2D eigenvalue weighted by Crippen LogP contribution is 2.24. The van der Waals surface area contributed by atoms with Gasteiger partial charge in [-0.15, -0.1) is 0 Å². The van der Waals surface area contributed by atoms with E-state index in [9.17, 15) is 14.4 Å². The van der Waals surface area contributed by atoms with Crippen LogP contribution in [0.5, 0.6) is 0 Å². The van der Waals surface area contributed by atoms with Gasteiger partial charge in [0.05, 0.1) is 0 Å². The molecule has 0 N–H and O–H groups in total. The lowest BCUT2D eigenvalue weighted by Crippen LogP contribution is -2.14. The summed E-state index contributed by atoms with van der Waals surface area (Å²) in [5.41, 5.74) is 1.56. The van der Waals surface area contributed by atoms with Gasteiger partial charge in [-0.2, -0.15) is 0 Å². The fraction of sp³-hybridized carbons (Fsp3) is 0.182. The average Bonchev–Trinajstić information content (AvgIpc) is 2.47. The minimum Gasteiger partial charge on any atom is -0.443 e. The van der Waals surface area contributed by atoms with E-state index in [-0.39, 0.29) is 0 Å². The fourth-order valence-corrected chi connectivity index (χ4v) is 1.39. The van der Waals surface area contributed by atoms with Gasteiger partial charge in [0.1, 0.15) is 0 Å². The van der Waals surface area contributed by atoms with Crippen molar-refractivity contribution in [2.24, 2.45) is 0 Å². The van der Waals surface area contributed by atoms with E-state index in [2.05, 4.69) is 4.74 Å². The Hall–Kier alpha value is -1.97. The lowest BCUT2D eigenvalue weighted by Gasteiger charge is -2.06. The summed E-state index contributed by atoms with van der Waals surface area (Å²) in [6.07, 6.45) is -1.05. The van der Waals surface area contributed by atoms with Crippen molar-refractivity contribution in [3.63, 3.8) is 0 Å². The standard InChI is InChI=1S/C11H8O4/c1-6-2-4-7(5-3-6)10-8(12)9(13)11(14)15-10/h2-5,10H,1H3/t10-/m0/s1. The highest BCUT2D eigenvalue weighted by atomic mass is 16.6. The molecule has 1 atom stereocenters. The zero-order valence-electron chi connectivity index (χ0n) is 8.02. The molecular formula is C11H8O4. The molecule has 1 fully saturated rings. The van der Waals surface area contributed by atoms with E-state index in [0.717, 1.165) is 5.56 Å². The molecule has 1 heterocycles. The predicted octanol–water partition coefficient (Wildman–Crippen LogP) is 0.731. The van der Waals surface area contributed by atoms with Gasteiger partial charge < -0.3 is 4.74 Å². The van der Waals surface area contributed by atoms with E-state index in [4.69, 9.17) is 0 Å². The first-order chi connectivity index (χ1) is 7.09. The van der Waals surface area contributed by atoms with Crippen LogP contribution in [0.4, 0.5) is 0 Å². The molecule has 0 amide bonds. The second-order valence-electron chi connectivity index (χ2n) is 3.39. The van der Waals surface area contributed by atoms with Crippen LogP contribution in [0, 0.1) is 6.92 Å². The maximum atomic E-state index is 11.3. The second kappa shape index (κ2) is 3.31. The highest BCUT2D eigenvalue weighted by molar-refractivity contribution is 6.65. The monoisotopic (exact) mass is 204 g/mol. The molecule has 15 heavy (non-hydrogen) atoms. The summed E-state index contributed by atoms with van der Waals surface area (Å²) in [4.78, 5) is 33.1. The number of cyclic esters (lactones) is 1. The summed E-state index contributed by atoms with van der Waals surface area (Å²) in [7, 11) is 0. The summed E-state index contributed by atoms with van der Waals surface area (Å²) in [6.45, 7) is 1.90. The molecular weight excluding hydrogens is 196 g/mol. The lowest BCUT2D eigenvalue weighted by molar-refractivity contribution is -0.149. The average molecular weight is 204 g/mol. The first kappa shape index (κ1) is 9.58. The Bertz CT molecular complexity index is 444. The molecule has 0 radical (unpaired) electrons. The number of benzene rings is 1. The molecule has 2 rings (SSSR count). The molecule has 1 saturated heterocycles. The van der Waals surface area contributed by atoms with Gasteiger partial charge >= 0.3 is 11.8 Å². The molecule has 4 heteroatoms. The molecule has 0 spiro atoms. The Balaban J connectivity index is 2.33. The van der Waals surface area contributed by atoms with Crippen LogP contribution >= 0.6 is 0 Å². The molecule has 0 unspecified atom stereocenters. The molecule has 76 valence electrons. The zero-order valence-corrected chi connectivity index (χ0v) is 8.02. The fourth-order valence-electron chi connectivity index (χ4n) is 1.39. The maximum absolute atomic E-state index is 11.3. The molecule has 0 aromatic heterocycles. The van der Waals surface area contributed by atoms with E-state index in [1.807, 2.05) is 6.92 Å². The van der Waals surface area contributed by atoms with Gasteiger partial charge in [0.15, 0.2) is 6.10 Å². The molecule has 1 aromatic carbocycles. The molecule has 0 saturated carbocycles. The molecule has 0 bridgehead atoms. The largest absolute Gasteiger partial charge is 0.443 e. The highest BCUT2D eigenvalue weighted by Gasteiger charge is 2.42.